The molecule has 1 aliphatic heterocycles. The Balaban J connectivity index is 1.96. The first-order valence-electron chi connectivity index (χ1n) is 5.31. The molecule has 1 aromatic rings. The summed E-state index contributed by atoms with van der Waals surface area (Å²) in [5, 5.41) is 8.05. The molecule has 1 aliphatic rings. The van der Waals surface area contributed by atoms with Gasteiger partial charge >= 0.3 is 0 Å². The first-order valence-corrected chi connectivity index (χ1v) is 5.31. The molecule has 1 saturated heterocycles. The molecule has 0 saturated carbocycles. The standard InChI is InChI=1S/C10H16N4O/c1-8-7-14(12-11-8)10-3-5-13(6-4-10)9(2)15/h7,10H,3-6H2,1-2H3. The van der Waals surface area contributed by atoms with Gasteiger partial charge < -0.3 is 4.90 Å². The Morgan fingerprint density at radius 1 is 1.47 bits per heavy atom. The van der Waals surface area contributed by atoms with E-state index in [1.165, 1.54) is 0 Å². The molecule has 0 atom stereocenters. The minimum atomic E-state index is 0.170. The number of nitrogens with zero attached hydrogens (tertiary/aromatic N) is 4. The van der Waals surface area contributed by atoms with Crippen LogP contribution in [-0.4, -0.2) is 38.9 Å². The highest BCUT2D eigenvalue weighted by Gasteiger charge is 2.22. The zero-order valence-corrected chi connectivity index (χ0v) is 9.18. The molecule has 0 radical (unpaired) electrons. The van der Waals surface area contributed by atoms with Crippen molar-refractivity contribution in [2.24, 2.45) is 0 Å². The van der Waals surface area contributed by atoms with Crippen molar-refractivity contribution in [3.05, 3.63) is 11.9 Å². The topological polar surface area (TPSA) is 51.0 Å². The minimum absolute atomic E-state index is 0.170. The number of aromatic nitrogens is 3. The van der Waals surface area contributed by atoms with Gasteiger partial charge in [0.2, 0.25) is 5.91 Å². The summed E-state index contributed by atoms with van der Waals surface area (Å²) in [6.07, 6.45) is 3.92. The number of rotatable bonds is 1. The van der Waals surface area contributed by atoms with Gasteiger partial charge in [0.1, 0.15) is 0 Å². The van der Waals surface area contributed by atoms with Crippen molar-refractivity contribution in [1.82, 2.24) is 19.9 Å². The Labute approximate surface area is 89.1 Å². The summed E-state index contributed by atoms with van der Waals surface area (Å²) in [5.74, 6) is 0.170. The Hall–Kier alpha value is -1.39. The number of hydrogen-bond acceptors (Lipinski definition) is 3. The third kappa shape index (κ3) is 2.16. The fraction of sp³-hybridized carbons (Fsp3) is 0.700. The molecule has 0 unspecified atom stereocenters. The quantitative estimate of drug-likeness (QED) is 0.685. The van der Waals surface area contributed by atoms with E-state index >= 15 is 0 Å². The second-order valence-corrected chi connectivity index (χ2v) is 4.08. The number of piperidine rings is 1. The zero-order valence-electron chi connectivity index (χ0n) is 9.18. The summed E-state index contributed by atoms with van der Waals surface area (Å²) in [5.41, 5.74) is 0.948. The maximum absolute atomic E-state index is 11.1. The van der Waals surface area contributed by atoms with Gasteiger partial charge in [-0.3, -0.25) is 4.79 Å². The van der Waals surface area contributed by atoms with Crippen molar-refractivity contribution < 1.29 is 4.79 Å². The van der Waals surface area contributed by atoms with Crippen LogP contribution < -0.4 is 0 Å². The lowest BCUT2D eigenvalue weighted by Crippen LogP contribution is -2.37. The van der Waals surface area contributed by atoms with Crippen LogP contribution in [0.2, 0.25) is 0 Å². The van der Waals surface area contributed by atoms with E-state index in [0.29, 0.717) is 6.04 Å². The van der Waals surface area contributed by atoms with Crippen LogP contribution >= 0.6 is 0 Å². The van der Waals surface area contributed by atoms with Crippen molar-refractivity contribution in [3.63, 3.8) is 0 Å². The van der Waals surface area contributed by atoms with E-state index in [-0.39, 0.29) is 5.91 Å². The van der Waals surface area contributed by atoms with Crippen LogP contribution in [0.1, 0.15) is 31.5 Å². The largest absolute Gasteiger partial charge is 0.343 e. The van der Waals surface area contributed by atoms with Gasteiger partial charge in [-0.05, 0) is 19.8 Å². The monoisotopic (exact) mass is 208 g/mol. The highest BCUT2D eigenvalue weighted by molar-refractivity contribution is 5.73. The summed E-state index contributed by atoms with van der Waals surface area (Å²) in [4.78, 5) is 13.0. The average Bonchev–Trinajstić information content (AvgIpc) is 2.65. The highest BCUT2D eigenvalue weighted by atomic mass is 16.2. The van der Waals surface area contributed by atoms with Crippen molar-refractivity contribution in [2.75, 3.05) is 13.1 Å². The fourth-order valence-corrected chi connectivity index (χ4v) is 1.99. The Morgan fingerprint density at radius 2 is 2.13 bits per heavy atom. The zero-order chi connectivity index (χ0) is 10.8. The van der Waals surface area contributed by atoms with Crippen molar-refractivity contribution in [3.8, 4) is 0 Å². The smallest absolute Gasteiger partial charge is 0.219 e. The fourth-order valence-electron chi connectivity index (χ4n) is 1.99. The second kappa shape index (κ2) is 4.00. The Kier molecular flexibility index (Phi) is 2.70. The molecular weight excluding hydrogens is 192 g/mol. The molecule has 82 valence electrons. The number of carbonyl (C=O) groups is 1. The minimum Gasteiger partial charge on any atom is -0.343 e. The number of likely N-dealkylation sites (tertiary alicyclic amines) is 1. The van der Waals surface area contributed by atoms with Gasteiger partial charge in [0.05, 0.1) is 11.7 Å². The van der Waals surface area contributed by atoms with Gasteiger partial charge in [-0.1, -0.05) is 5.21 Å². The van der Waals surface area contributed by atoms with E-state index < -0.39 is 0 Å². The van der Waals surface area contributed by atoms with E-state index in [4.69, 9.17) is 0 Å². The van der Waals surface area contributed by atoms with E-state index in [1.54, 1.807) is 6.92 Å². The van der Waals surface area contributed by atoms with Crippen molar-refractivity contribution >= 4 is 5.91 Å². The lowest BCUT2D eigenvalue weighted by Gasteiger charge is -2.30. The summed E-state index contributed by atoms with van der Waals surface area (Å²) < 4.78 is 1.92. The van der Waals surface area contributed by atoms with Crippen LogP contribution in [0.15, 0.2) is 6.20 Å². The molecular formula is C10H16N4O. The van der Waals surface area contributed by atoms with Gasteiger partial charge in [-0.25, -0.2) is 4.68 Å². The van der Waals surface area contributed by atoms with Gasteiger partial charge in [-0.15, -0.1) is 5.10 Å². The predicted octanol–water partition coefficient (Wildman–Crippen LogP) is 0.770. The SMILES string of the molecule is CC(=O)N1CCC(n2cc(C)nn2)CC1. The first-order chi connectivity index (χ1) is 7.16. The second-order valence-electron chi connectivity index (χ2n) is 4.08. The highest BCUT2D eigenvalue weighted by Crippen LogP contribution is 2.21. The van der Waals surface area contributed by atoms with E-state index in [1.807, 2.05) is 22.7 Å². The van der Waals surface area contributed by atoms with Crippen LogP contribution in [0.25, 0.3) is 0 Å². The molecule has 2 rings (SSSR count). The maximum atomic E-state index is 11.1. The molecule has 1 fully saturated rings. The lowest BCUT2D eigenvalue weighted by atomic mass is 10.1. The van der Waals surface area contributed by atoms with E-state index in [0.717, 1.165) is 31.6 Å². The molecule has 0 aromatic carbocycles. The van der Waals surface area contributed by atoms with Gasteiger partial charge in [0.25, 0.3) is 0 Å². The molecule has 2 heterocycles. The average molecular weight is 208 g/mol. The van der Waals surface area contributed by atoms with Gasteiger partial charge in [-0.2, -0.15) is 0 Å². The normalized spacial score (nSPS) is 18.1. The summed E-state index contributed by atoms with van der Waals surface area (Å²) >= 11 is 0. The lowest BCUT2D eigenvalue weighted by molar-refractivity contribution is -0.130. The third-order valence-electron chi connectivity index (χ3n) is 2.91. The molecule has 0 aliphatic carbocycles. The van der Waals surface area contributed by atoms with E-state index in [9.17, 15) is 4.79 Å². The van der Waals surface area contributed by atoms with Crippen LogP contribution in [0.3, 0.4) is 0 Å². The van der Waals surface area contributed by atoms with E-state index in [2.05, 4.69) is 10.3 Å². The number of hydrogen-bond donors (Lipinski definition) is 0. The number of aryl methyl sites for hydroxylation is 1. The molecule has 0 N–H and O–H groups in total. The van der Waals surface area contributed by atoms with Crippen LogP contribution in [0.4, 0.5) is 0 Å². The summed E-state index contributed by atoms with van der Waals surface area (Å²) in [6, 6.07) is 0.404. The first kappa shape index (κ1) is 10.1. The Bertz CT molecular complexity index is 352. The van der Waals surface area contributed by atoms with Crippen LogP contribution in [-0.2, 0) is 4.79 Å². The van der Waals surface area contributed by atoms with Crippen LogP contribution in [0.5, 0.6) is 0 Å². The molecule has 1 amide bonds. The molecule has 1 aromatic heterocycles. The van der Waals surface area contributed by atoms with Gasteiger partial charge in [0.15, 0.2) is 0 Å². The van der Waals surface area contributed by atoms with Crippen molar-refractivity contribution in [1.29, 1.82) is 0 Å². The van der Waals surface area contributed by atoms with Crippen LogP contribution in [0, 0.1) is 6.92 Å². The summed E-state index contributed by atoms with van der Waals surface area (Å²) in [6.45, 7) is 5.23. The molecule has 0 bridgehead atoms. The van der Waals surface area contributed by atoms with Crippen molar-refractivity contribution in [2.45, 2.75) is 32.7 Å². The molecule has 15 heavy (non-hydrogen) atoms. The summed E-state index contributed by atoms with van der Waals surface area (Å²) in [7, 11) is 0. The predicted molar refractivity (Wildman–Crippen MR) is 55.3 cm³/mol. The molecule has 5 heteroatoms. The maximum Gasteiger partial charge on any atom is 0.219 e. The van der Waals surface area contributed by atoms with Gasteiger partial charge in [0, 0.05) is 26.2 Å². The number of amides is 1. The Morgan fingerprint density at radius 3 is 2.60 bits per heavy atom. The number of carbonyl (C=O) groups excluding carboxylic acids is 1. The molecule has 5 nitrogen and oxygen atoms in total. The molecule has 0 spiro atoms. The third-order valence-corrected chi connectivity index (χ3v) is 2.91.